The number of carbonyl (C=O) groups excluding carboxylic acids is 1. The number of aryl methyl sites for hydroxylation is 1. The van der Waals surface area contributed by atoms with E-state index in [4.69, 9.17) is 10.00 Å². The highest BCUT2D eigenvalue weighted by Gasteiger charge is 2.47. The quantitative estimate of drug-likeness (QED) is 0.692. The van der Waals surface area contributed by atoms with Gasteiger partial charge in [0.1, 0.15) is 6.61 Å². The third-order valence-corrected chi connectivity index (χ3v) is 8.99. The van der Waals surface area contributed by atoms with E-state index in [1.165, 1.54) is 4.31 Å². The summed E-state index contributed by atoms with van der Waals surface area (Å²) in [6.07, 6.45) is 3.29. The van der Waals surface area contributed by atoms with Crippen molar-refractivity contribution in [3.05, 3.63) is 53.6 Å². The molecule has 2 aromatic rings. The number of piperidine rings is 1. The average Bonchev–Trinajstić information content (AvgIpc) is 3.67. The summed E-state index contributed by atoms with van der Waals surface area (Å²) in [5.41, 5.74) is 2.94. The minimum atomic E-state index is -3.61. The van der Waals surface area contributed by atoms with E-state index in [0.29, 0.717) is 44.1 Å². The number of ether oxygens (including phenoxy) is 1. The summed E-state index contributed by atoms with van der Waals surface area (Å²) >= 11 is 0. The molecule has 1 saturated carbocycles. The van der Waals surface area contributed by atoms with Gasteiger partial charge in [0.15, 0.2) is 0 Å². The maximum absolute atomic E-state index is 13.3. The molecule has 33 heavy (non-hydrogen) atoms. The molecule has 2 heterocycles. The van der Waals surface area contributed by atoms with Crippen LogP contribution in [0.1, 0.15) is 36.8 Å². The van der Waals surface area contributed by atoms with Crippen LogP contribution in [-0.4, -0.2) is 61.4 Å². The number of benzene rings is 2. The Bertz CT molecular complexity index is 1220. The molecule has 172 valence electrons. The smallest absolute Gasteiger partial charge is 0.248 e. The molecule has 0 radical (unpaired) electrons. The van der Waals surface area contributed by atoms with E-state index in [-0.39, 0.29) is 17.4 Å². The molecule has 8 heteroatoms. The highest BCUT2D eigenvalue weighted by molar-refractivity contribution is 7.89. The maximum atomic E-state index is 13.3. The van der Waals surface area contributed by atoms with Gasteiger partial charge < -0.3 is 9.64 Å². The fraction of sp³-hybridized carbons (Fsp3) is 0.440. The van der Waals surface area contributed by atoms with Gasteiger partial charge in [-0.25, -0.2) is 8.42 Å². The molecular formula is C25H27N3O4S. The van der Waals surface area contributed by atoms with Gasteiger partial charge in [0, 0.05) is 19.1 Å². The fourth-order valence-corrected chi connectivity index (χ4v) is 6.28. The van der Waals surface area contributed by atoms with Gasteiger partial charge in [-0.05, 0) is 67.5 Å². The van der Waals surface area contributed by atoms with Gasteiger partial charge in [-0.3, -0.25) is 4.79 Å². The molecule has 0 bridgehead atoms. The number of nitrogens with zero attached hydrogens (tertiary/aromatic N) is 3. The minimum Gasteiger partial charge on any atom is -0.363 e. The van der Waals surface area contributed by atoms with E-state index < -0.39 is 15.6 Å². The zero-order valence-electron chi connectivity index (χ0n) is 18.7. The molecule has 2 saturated heterocycles. The van der Waals surface area contributed by atoms with Crippen LogP contribution in [0.15, 0.2) is 47.4 Å². The molecule has 2 aliphatic heterocycles. The summed E-state index contributed by atoms with van der Waals surface area (Å²) < 4.78 is 34.0. The fourth-order valence-electron chi connectivity index (χ4n) is 4.83. The standard InChI is InChI=1S/C25H27N3O4S/c1-18-14-20(2-3-21(18)15-26)19-4-8-23(9-5-19)33(30,31)27-12-10-25(11-13-27)17-28(22-6-7-22)24(29)16-32-25/h2-5,8-9,14,22H,6-7,10-13,16-17H2,1H3. The molecule has 0 unspecified atom stereocenters. The highest BCUT2D eigenvalue weighted by atomic mass is 32.2. The van der Waals surface area contributed by atoms with Gasteiger partial charge >= 0.3 is 0 Å². The van der Waals surface area contributed by atoms with Crippen molar-refractivity contribution in [3.63, 3.8) is 0 Å². The lowest BCUT2D eigenvalue weighted by Gasteiger charge is -2.46. The van der Waals surface area contributed by atoms with Crippen molar-refractivity contribution in [2.75, 3.05) is 26.2 Å². The Morgan fingerprint density at radius 3 is 2.33 bits per heavy atom. The van der Waals surface area contributed by atoms with E-state index in [9.17, 15) is 13.2 Å². The summed E-state index contributed by atoms with van der Waals surface area (Å²) in [6, 6.07) is 15.0. The molecule has 0 N–H and O–H groups in total. The number of rotatable bonds is 4. The third kappa shape index (κ3) is 4.17. The predicted octanol–water partition coefficient (Wildman–Crippen LogP) is 3.08. The first kappa shape index (κ1) is 22.1. The van der Waals surface area contributed by atoms with Gasteiger partial charge in [0.2, 0.25) is 15.9 Å². The molecule has 3 fully saturated rings. The third-order valence-electron chi connectivity index (χ3n) is 7.07. The SMILES string of the molecule is Cc1cc(-c2ccc(S(=O)(=O)N3CCC4(CC3)CN(C3CC3)C(=O)CO4)cc2)ccc1C#N. The molecule has 0 aromatic heterocycles. The first-order valence-electron chi connectivity index (χ1n) is 11.4. The van der Waals surface area contributed by atoms with Crippen molar-refractivity contribution in [2.24, 2.45) is 0 Å². The van der Waals surface area contributed by atoms with Crippen molar-refractivity contribution in [1.29, 1.82) is 5.26 Å². The zero-order chi connectivity index (χ0) is 23.2. The second-order valence-corrected chi connectivity index (χ2v) is 11.2. The van der Waals surface area contributed by atoms with Crippen molar-refractivity contribution in [1.82, 2.24) is 9.21 Å². The van der Waals surface area contributed by atoms with Crippen molar-refractivity contribution in [3.8, 4) is 17.2 Å². The number of hydrogen-bond donors (Lipinski definition) is 0. The minimum absolute atomic E-state index is 0.0516. The summed E-state index contributed by atoms with van der Waals surface area (Å²) in [5.74, 6) is 0.0516. The van der Waals surface area contributed by atoms with Crippen molar-refractivity contribution >= 4 is 15.9 Å². The first-order chi connectivity index (χ1) is 15.8. The van der Waals surface area contributed by atoms with Crippen LogP contribution in [0.2, 0.25) is 0 Å². The van der Waals surface area contributed by atoms with E-state index in [0.717, 1.165) is 29.5 Å². The zero-order valence-corrected chi connectivity index (χ0v) is 19.5. The van der Waals surface area contributed by atoms with Crippen LogP contribution in [0.25, 0.3) is 11.1 Å². The lowest BCUT2D eigenvalue weighted by atomic mass is 9.90. The molecule has 1 amide bonds. The first-order valence-corrected chi connectivity index (χ1v) is 12.8. The Morgan fingerprint density at radius 1 is 1.06 bits per heavy atom. The Kier molecular flexibility index (Phi) is 5.52. The number of sulfonamides is 1. The van der Waals surface area contributed by atoms with Crippen molar-refractivity contribution < 1.29 is 17.9 Å². The Hall–Kier alpha value is -2.73. The Morgan fingerprint density at radius 2 is 1.73 bits per heavy atom. The highest BCUT2D eigenvalue weighted by Crippen LogP contribution is 2.37. The molecule has 0 atom stereocenters. The summed E-state index contributed by atoms with van der Waals surface area (Å²) in [6.45, 7) is 3.32. The monoisotopic (exact) mass is 465 g/mol. The van der Waals surface area contributed by atoms with Crippen LogP contribution >= 0.6 is 0 Å². The van der Waals surface area contributed by atoms with Crippen LogP contribution in [0.4, 0.5) is 0 Å². The lowest BCUT2D eigenvalue weighted by Crippen LogP contribution is -2.59. The van der Waals surface area contributed by atoms with Gasteiger partial charge in [-0.1, -0.05) is 24.3 Å². The van der Waals surface area contributed by atoms with E-state index in [2.05, 4.69) is 6.07 Å². The summed E-state index contributed by atoms with van der Waals surface area (Å²) in [4.78, 5) is 14.4. The number of amides is 1. The molecular weight excluding hydrogens is 438 g/mol. The van der Waals surface area contributed by atoms with Crippen LogP contribution < -0.4 is 0 Å². The number of nitriles is 1. The van der Waals surface area contributed by atoms with E-state index in [1.54, 1.807) is 18.2 Å². The predicted molar refractivity (Wildman–Crippen MR) is 123 cm³/mol. The van der Waals surface area contributed by atoms with Gasteiger partial charge in [-0.2, -0.15) is 9.57 Å². The molecule has 1 aliphatic carbocycles. The average molecular weight is 466 g/mol. The largest absolute Gasteiger partial charge is 0.363 e. The van der Waals surface area contributed by atoms with Crippen LogP contribution in [0, 0.1) is 18.3 Å². The number of hydrogen-bond acceptors (Lipinski definition) is 5. The van der Waals surface area contributed by atoms with Crippen molar-refractivity contribution in [2.45, 2.75) is 49.1 Å². The molecule has 2 aromatic carbocycles. The van der Waals surface area contributed by atoms with E-state index in [1.807, 2.05) is 36.1 Å². The molecule has 5 rings (SSSR count). The topological polar surface area (TPSA) is 90.7 Å². The molecule has 7 nitrogen and oxygen atoms in total. The lowest BCUT2D eigenvalue weighted by molar-refractivity contribution is -0.170. The Balaban J connectivity index is 1.28. The molecule has 3 aliphatic rings. The normalized spacial score (nSPS) is 21.2. The number of morpholine rings is 1. The van der Waals surface area contributed by atoms with Crippen LogP contribution in [0.5, 0.6) is 0 Å². The second-order valence-electron chi connectivity index (χ2n) is 9.29. The Labute approximate surface area is 194 Å². The van der Waals surface area contributed by atoms with Gasteiger partial charge in [-0.15, -0.1) is 0 Å². The van der Waals surface area contributed by atoms with Gasteiger partial charge in [0.25, 0.3) is 0 Å². The maximum Gasteiger partial charge on any atom is 0.248 e. The van der Waals surface area contributed by atoms with Crippen LogP contribution in [0.3, 0.4) is 0 Å². The summed E-state index contributed by atoms with van der Waals surface area (Å²) in [5, 5.41) is 9.12. The molecule has 1 spiro atoms. The number of carbonyl (C=O) groups is 1. The van der Waals surface area contributed by atoms with Gasteiger partial charge in [0.05, 0.1) is 28.7 Å². The summed E-state index contributed by atoms with van der Waals surface area (Å²) in [7, 11) is -3.61. The van der Waals surface area contributed by atoms with Crippen LogP contribution in [-0.2, 0) is 19.6 Å². The van der Waals surface area contributed by atoms with E-state index >= 15 is 0 Å². The second kappa shape index (κ2) is 8.24.